The number of carbonyl (C=O) groups excluding carboxylic acids is 2. The van der Waals surface area contributed by atoms with Crippen LogP contribution in [0.4, 0.5) is 10.5 Å². The van der Waals surface area contributed by atoms with E-state index in [1.54, 1.807) is 49.4 Å². The van der Waals surface area contributed by atoms with E-state index in [0.717, 1.165) is 10.6 Å². The van der Waals surface area contributed by atoms with Crippen molar-refractivity contribution in [3.8, 4) is 10.6 Å². The number of nitrogens with one attached hydrogen (secondary N) is 1. The van der Waals surface area contributed by atoms with Crippen LogP contribution in [-0.2, 0) is 16.1 Å². The van der Waals surface area contributed by atoms with Gasteiger partial charge in [0.05, 0.1) is 28.4 Å². The number of aryl methyl sites for hydroxylation is 1. The summed E-state index contributed by atoms with van der Waals surface area (Å²) in [5.41, 5.74) is 2.24. The number of esters is 1. The molecule has 0 bridgehead atoms. The molecular formula is C24H20N2O6S. The van der Waals surface area contributed by atoms with Crippen LogP contribution in [0, 0.1) is 6.92 Å². The molecule has 0 fully saturated rings. The highest BCUT2D eigenvalue weighted by Crippen LogP contribution is 2.25. The molecule has 1 amide bonds. The van der Waals surface area contributed by atoms with E-state index < -0.39 is 17.7 Å². The fraction of sp³-hybridized carbons (Fsp3) is 0.167. The molecule has 0 aliphatic rings. The monoisotopic (exact) mass is 464 g/mol. The van der Waals surface area contributed by atoms with Crippen LogP contribution < -0.4 is 10.9 Å². The Kier molecular flexibility index (Phi) is 6.50. The highest BCUT2D eigenvalue weighted by molar-refractivity contribution is 7.13. The maximum atomic E-state index is 12.7. The molecule has 1 N–H and O–H groups in total. The van der Waals surface area contributed by atoms with E-state index in [1.807, 2.05) is 17.5 Å². The summed E-state index contributed by atoms with van der Waals surface area (Å²) in [6, 6.07) is 13.5. The molecule has 0 saturated carbocycles. The number of fused-ring (bicyclic) bond motifs is 1. The summed E-state index contributed by atoms with van der Waals surface area (Å²) in [6.07, 6.45) is -0.613. The number of nitrogens with zero attached hydrogens (tertiary/aromatic N) is 1. The summed E-state index contributed by atoms with van der Waals surface area (Å²) in [5, 5.41) is 5.10. The van der Waals surface area contributed by atoms with Gasteiger partial charge in [0.1, 0.15) is 12.2 Å². The van der Waals surface area contributed by atoms with Gasteiger partial charge in [-0.15, -0.1) is 11.3 Å². The van der Waals surface area contributed by atoms with Gasteiger partial charge in [0.15, 0.2) is 0 Å². The Balaban J connectivity index is 1.52. The largest absolute Gasteiger partial charge is 0.457 e. The number of hydrogen-bond donors (Lipinski definition) is 1. The molecule has 4 aromatic rings. The average molecular weight is 464 g/mol. The van der Waals surface area contributed by atoms with Gasteiger partial charge in [-0.1, -0.05) is 6.07 Å². The Bertz CT molecular complexity index is 1380. The number of amides is 1. The van der Waals surface area contributed by atoms with Crippen molar-refractivity contribution in [3.05, 3.63) is 81.2 Å². The summed E-state index contributed by atoms with van der Waals surface area (Å²) in [4.78, 5) is 41.8. The Morgan fingerprint density at radius 2 is 1.97 bits per heavy atom. The number of hydrogen-bond acceptors (Lipinski definition) is 8. The first-order valence-electron chi connectivity index (χ1n) is 10.1. The third kappa shape index (κ3) is 5.09. The van der Waals surface area contributed by atoms with Gasteiger partial charge in [-0.3, -0.25) is 10.3 Å². The molecule has 0 atom stereocenters. The Hall–Kier alpha value is -3.98. The molecule has 0 unspecified atom stereocenters. The van der Waals surface area contributed by atoms with Crippen LogP contribution >= 0.6 is 11.3 Å². The van der Waals surface area contributed by atoms with Gasteiger partial charge in [-0.25, -0.2) is 14.4 Å². The van der Waals surface area contributed by atoms with Crippen molar-refractivity contribution < 1.29 is 23.5 Å². The van der Waals surface area contributed by atoms with Crippen LogP contribution in [0.1, 0.15) is 28.5 Å². The second-order valence-electron chi connectivity index (χ2n) is 7.03. The molecule has 0 saturated heterocycles. The molecule has 0 aliphatic carbocycles. The number of pyridine rings is 1. The van der Waals surface area contributed by atoms with Crippen LogP contribution in [0.2, 0.25) is 0 Å². The van der Waals surface area contributed by atoms with Crippen molar-refractivity contribution in [1.29, 1.82) is 0 Å². The van der Waals surface area contributed by atoms with E-state index in [1.165, 1.54) is 12.1 Å². The third-order valence-corrected chi connectivity index (χ3v) is 5.68. The lowest BCUT2D eigenvalue weighted by Gasteiger charge is -2.10. The zero-order valence-electron chi connectivity index (χ0n) is 17.9. The predicted octanol–water partition coefficient (Wildman–Crippen LogP) is 5.15. The number of carbonyl (C=O) groups is 2. The number of aromatic nitrogens is 1. The van der Waals surface area contributed by atoms with Gasteiger partial charge in [0.25, 0.3) is 0 Å². The second kappa shape index (κ2) is 9.66. The van der Waals surface area contributed by atoms with Gasteiger partial charge in [0, 0.05) is 28.8 Å². The van der Waals surface area contributed by atoms with Gasteiger partial charge in [-0.05, 0) is 49.6 Å². The first-order chi connectivity index (χ1) is 15.9. The summed E-state index contributed by atoms with van der Waals surface area (Å²) < 4.78 is 15.6. The van der Waals surface area contributed by atoms with E-state index in [9.17, 15) is 14.4 Å². The summed E-state index contributed by atoms with van der Waals surface area (Å²) in [6.45, 7) is 3.55. The van der Waals surface area contributed by atoms with Crippen molar-refractivity contribution in [3.63, 3.8) is 0 Å². The molecule has 33 heavy (non-hydrogen) atoms. The second-order valence-corrected chi connectivity index (χ2v) is 7.98. The fourth-order valence-electron chi connectivity index (χ4n) is 3.27. The van der Waals surface area contributed by atoms with Crippen LogP contribution in [0.3, 0.4) is 0 Å². The lowest BCUT2D eigenvalue weighted by atomic mass is 10.1. The molecule has 3 aromatic heterocycles. The first kappa shape index (κ1) is 22.2. The van der Waals surface area contributed by atoms with E-state index in [0.29, 0.717) is 27.9 Å². The Morgan fingerprint density at radius 1 is 1.12 bits per heavy atom. The van der Waals surface area contributed by atoms with Crippen molar-refractivity contribution in [1.82, 2.24) is 4.98 Å². The molecule has 9 heteroatoms. The van der Waals surface area contributed by atoms with Gasteiger partial charge in [-0.2, -0.15) is 0 Å². The topological polar surface area (TPSA) is 108 Å². The molecule has 168 valence electrons. The molecule has 4 rings (SSSR count). The third-order valence-electron chi connectivity index (χ3n) is 4.79. The molecule has 0 aliphatic heterocycles. The minimum Gasteiger partial charge on any atom is -0.457 e. The highest BCUT2D eigenvalue weighted by Gasteiger charge is 2.15. The van der Waals surface area contributed by atoms with Gasteiger partial charge >= 0.3 is 17.7 Å². The highest BCUT2D eigenvalue weighted by atomic mass is 32.1. The number of anilines is 1. The van der Waals surface area contributed by atoms with Crippen molar-refractivity contribution in [2.24, 2.45) is 0 Å². The molecular weight excluding hydrogens is 444 g/mol. The Morgan fingerprint density at radius 3 is 2.70 bits per heavy atom. The van der Waals surface area contributed by atoms with Crippen molar-refractivity contribution in [2.75, 3.05) is 11.9 Å². The number of rotatable bonds is 6. The number of ether oxygens (including phenoxy) is 2. The fourth-order valence-corrected chi connectivity index (χ4v) is 3.97. The summed E-state index contributed by atoms with van der Waals surface area (Å²) in [7, 11) is 0. The Labute approximate surface area is 192 Å². The average Bonchev–Trinajstić information content (AvgIpc) is 3.32. The van der Waals surface area contributed by atoms with Crippen molar-refractivity contribution >= 4 is 40.1 Å². The first-order valence-corrected chi connectivity index (χ1v) is 11.0. The standard InChI is InChI=1S/C24H20N2O6S/c1-3-30-24(29)26-16-6-7-18-15(11-22(27)32-20(18)12-16)13-31-23(28)17-8-9-19(25-14(17)2)21-5-4-10-33-21/h4-12H,3,13H2,1-2H3,(H,26,29). The lowest BCUT2D eigenvalue weighted by molar-refractivity contribution is 0.0472. The predicted molar refractivity (Wildman–Crippen MR) is 125 cm³/mol. The molecule has 3 heterocycles. The zero-order chi connectivity index (χ0) is 23.4. The van der Waals surface area contributed by atoms with E-state index in [-0.39, 0.29) is 18.8 Å². The quantitative estimate of drug-likeness (QED) is 0.310. The van der Waals surface area contributed by atoms with Crippen LogP contribution in [-0.4, -0.2) is 23.7 Å². The zero-order valence-corrected chi connectivity index (χ0v) is 18.7. The molecule has 0 radical (unpaired) electrons. The van der Waals surface area contributed by atoms with Crippen LogP contribution in [0.25, 0.3) is 21.5 Å². The smallest absolute Gasteiger partial charge is 0.411 e. The molecule has 1 aromatic carbocycles. The van der Waals surface area contributed by atoms with Crippen molar-refractivity contribution in [2.45, 2.75) is 20.5 Å². The molecule has 0 spiro atoms. The van der Waals surface area contributed by atoms with E-state index >= 15 is 0 Å². The van der Waals surface area contributed by atoms with Gasteiger partial charge in [0.2, 0.25) is 0 Å². The minimum absolute atomic E-state index is 0.127. The lowest BCUT2D eigenvalue weighted by Crippen LogP contribution is -2.13. The maximum Gasteiger partial charge on any atom is 0.411 e. The minimum atomic E-state index is -0.613. The van der Waals surface area contributed by atoms with E-state index in [4.69, 9.17) is 13.9 Å². The number of thiophene rings is 1. The molecule has 8 nitrogen and oxygen atoms in total. The normalized spacial score (nSPS) is 10.7. The summed E-state index contributed by atoms with van der Waals surface area (Å²) >= 11 is 1.57. The number of benzene rings is 1. The maximum absolute atomic E-state index is 12.7. The van der Waals surface area contributed by atoms with Crippen LogP contribution in [0.15, 0.2) is 63.1 Å². The summed E-state index contributed by atoms with van der Waals surface area (Å²) in [5.74, 6) is -0.542. The van der Waals surface area contributed by atoms with Crippen LogP contribution in [0.5, 0.6) is 0 Å². The SMILES string of the molecule is CCOC(=O)Nc1ccc2c(COC(=O)c3ccc(-c4cccs4)nc3C)cc(=O)oc2c1. The van der Waals surface area contributed by atoms with Gasteiger partial charge < -0.3 is 13.9 Å². The van der Waals surface area contributed by atoms with E-state index in [2.05, 4.69) is 10.3 Å².